The zero-order chi connectivity index (χ0) is 21.8. The highest BCUT2D eigenvalue weighted by atomic mass is 16.2. The van der Waals surface area contributed by atoms with Crippen molar-refractivity contribution >= 4 is 11.6 Å². The molecular formula is C27H43N3O. The Bertz CT molecular complexity index is 702. The predicted octanol–water partition coefficient (Wildman–Crippen LogP) is 5.53. The van der Waals surface area contributed by atoms with Gasteiger partial charge in [-0.05, 0) is 68.9 Å². The summed E-state index contributed by atoms with van der Waals surface area (Å²) in [4.78, 5) is 21.0. The number of unbranched alkanes of at least 4 members (excludes halogenated alkanes) is 2. The highest BCUT2D eigenvalue weighted by Gasteiger charge is 2.53. The molecule has 0 aromatic heterocycles. The normalized spacial score (nSPS) is 26.9. The molecule has 0 N–H and O–H groups in total. The number of para-hydroxylation sites is 1. The van der Waals surface area contributed by atoms with Crippen LogP contribution >= 0.6 is 0 Å². The summed E-state index contributed by atoms with van der Waals surface area (Å²) in [6, 6.07) is 11.4. The average Bonchev–Trinajstić information content (AvgIpc) is 3.07. The summed E-state index contributed by atoms with van der Waals surface area (Å²) in [5, 5.41) is 0. The van der Waals surface area contributed by atoms with Crippen molar-refractivity contribution < 1.29 is 4.79 Å². The number of likely N-dealkylation sites (tertiary alicyclic amines) is 1. The minimum Gasteiger partial charge on any atom is -0.339 e. The number of nitrogens with zero attached hydrogens (tertiary/aromatic N) is 3. The summed E-state index contributed by atoms with van der Waals surface area (Å²) in [6.45, 7) is 10.8. The first-order valence-electron chi connectivity index (χ1n) is 12.9. The van der Waals surface area contributed by atoms with Crippen molar-refractivity contribution in [1.29, 1.82) is 0 Å². The second kappa shape index (κ2) is 9.94. The molecule has 2 aliphatic heterocycles. The quantitative estimate of drug-likeness (QED) is 0.537. The number of rotatable bonds is 7. The van der Waals surface area contributed by atoms with Crippen LogP contribution in [0.1, 0.15) is 78.6 Å². The number of anilines is 1. The Morgan fingerprint density at radius 2 is 1.68 bits per heavy atom. The van der Waals surface area contributed by atoms with Gasteiger partial charge in [-0.1, -0.05) is 51.8 Å². The number of carbonyl (C=O) groups is 1. The first-order chi connectivity index (χ1) is 15.0. The van der Waals surface area contributed by atoms with E-state index in [0.717, 1.165) is 63.4 Å². The fourth-order valence-electron chi connectivity index (χ4n) is 6.32. The minimum atomic E-state index is -0.334. The van der Waals surface area contributed by atoms with Crippen LogP contribution < -0.4 is 4.90 Å². The van der Waals surface area contributed by atoms with Gasteiger partial charge in [-0.15, -0.1) is 0 Å². The molecule has 4 rings (SSSR count). The van der Waals surface area contributed by atoms with Gasteiger partial charge < -0.3 is 14.7 Å². The largest absolute Gasteiger partial charge is 0.339 e. The van der Waals surface area contributed by atoms with E-state index in [0.29, 0.717) is 5.91 Å². The molecule has 0 unspecified atom stereocenters. The zero-order valence-electron chi connectivity index (χ0n) is 20.1. The van der Waals surface area contributed by atoms with Crippen LogP contribution in [0.4, 0.5) is 5.69 Å². The minimum absolute atomic E-state index is 0.334. The second-order valence-electron chi connectivity index (χ2n) is 10.6. The average molecular weight is 426 g/mol. The molecule has 1 saturated carbocycles. The van der Waals surface area contributed by atoms with Gasteiger partial charge >= 0.3 is 0 Å². The van der Waals surface area contributed by atoms with Crippen molar-refractivity contribution in [3.05, 3.63) is 30.3 Å². The Morgan fingerprint density at radius 3 is 2.29 bits per heavy atom. The van der Waals surface area contributed by atoms with Gasteiger partial charge in [0.25, 0.3) is 0 Å². The van der Waals surface area contributed by atoms with E-state index in [1.165, 1.54) is 44.2 Å². The maximum absolute atomic E-state index is 13.7. The summed E-state index contributed by atoms with van der Waals surface area (Å²) in [7, 11) is 0. The third-order valence-corrected chi connectivity index (χ3v) is 8.44. The lowest BCUT2D eigenvalue weighted by Crippen LogP contribution is -2.58. The zero-order valence-corrected chi connectivity index (χ0v) is 20.1. The summed E-state index contributed by atoms with van der Waals surface area (Å²) in [5.41, 5.74) is 0.874. The van der Waals surface area contributed by atoms with Gasteiger partial charge in [0, 0.05) is 31.4 Å². The first kappa shape index (κ1) is 22.6. The molecule has 0 atom stereocenters. The molecule has 31 heavy (non-hydrogen) atoms. The lowest BCUT2D eigenvalue weighted by atomic mass is 9.78. The maximum Gasteiger partial charge on any atom is 0.250 e. The molecule has 1 amide bonds. The van der Waals surface area contributed by atoms with Crippen molar-refractivity contribution in [2.45, 2.75) is 90.1 Å². The van der Waals surface area contributed by atoms with E-state index < -0.39 is 0 Å². The molecule has 3 fully saturated rings. The van der Waals surface area contributed by atoms with E-state index in [-0.39, 0.29) is 5.54 Å². The van der Waals surface area contributed by atoms with Crippen LogP contribution in [0.25, 0.3) is 0 Å². The van der Waals surface area contributed by atoms with Crippen LogP contribution in [-0.2, 0) is 4.79 Å². The van der Waals surface area contributed by atoms with Crippen molar-refractivity contribution in [2.24, 2.45) is 11.8 Å². The molecule has 2 heterocycles. The Morgan fingerprint density at radius 1 is 1.00 bits per heavy atom. The van der Waals surface area contributed by atoms with E-state index in [4.69, 9.17) is 0 Å². The summed E-state index contributed by atoms with van der Waals surface area (Å²) in [6.07, 6.45) is 10.9. The van der Waals surface area contributed by atoms with Crippen LogP contribution in [0.3, 0.4) is 0 Å². The topological polar surface area (TPSA) is 26.8 Å². The molecule has 1 aromatic carbocycles. The fourth-order valence-corrected chi connectivity index (χ4v) is 6.32. The van der Waals surface area contributed by atoms with Crippen LogP contribution in [0, 0.1) is 11.8 Å². The van der Waals surface area contributed by atoms with E-state index in [1.807, 2.05) is 0 Å². The second-order valence-corrected chi connectivity index (χ2v) is 10.6. The Labute approximate surface area is 190 Å². The Hall–Kier alpha value is -1.55. The Balaban J connectivity index is 1.45. The van der Waals surface area contributed by atoms with Crippen LogP contribution in [0.5, 0.6) is 0 Å². The molecule has 0 bridgehead atoms. The SMILES string of the molecule is CCCCCN1CN(c2ccccc2)C2(CCN([C@H]3CC[C@@H](C(C)C)CC3)CC2)C1=O. The number of hydrogen-bond donors (Lipinski definition) is 0. The molecule has 4 nitrogen and oxygen atoms in total. The van der Waals surface area contributed by atoms with Gasteiger partial charge in [0.15, 0.2) is 0 Å². The number of hydrogen-bond acceptors (Lipinski definition) is 3. The summed E-state index contributed by atoms with van der Waals surface area (Å²) >= 11 is 0. The molecule has 1 aliphatic carbocycles. The fraction of sp³-hybridized carbons (Fsp3) is 0.741. The smallest absolute Gasteiger partial charge is 0.250 e. The van der Waals surface area contributed by atoms with Crippen LogP contribution in [-0.4, -0.2) is 53.6 Å². The molecule has 1 spiro atoms. The third kappa shape index (κ3) is 4.65. The first-order valence-corrected chi connectivity index (χ1v) is 12.9. The number of piperidine rings is 1. The number of carbonyl (C=O) groups excluding carboxylic acids is 1. The van der Waals surface area contributed by atoms with E-state index >= 15 is 0 Å². The highest BCUT2D eigenvalue weighted by Crippen LogP contribution is 2.41. The van der Waals surface area contributed by atoms with Crippen molar-refractivity contribution in [2.75, 3.05) is 31.2 Å². The Kier molecular flexibility index (Phi) is 7.26. The molecule has 3 aliphatic rings. The molecule has 172 valence electrons. The van der Waals surface area contributed by atoms with Gasteiger partial charge in [-0.2, -0.15) is 0 Å². The third-order valence-electron chi connectivity index (χ3n) is 8.44. The molecular weight excluding hydrogens is 382 g/mol. The summed E-state index contributed by atoms with van der Waals surface area (Å²) < 4.78 is 0. The lowest BCUT2D eigenvalue weighted by molar-refractivity contribution is -0.134. The number of amides is 1. The maximum atomic E-state index is 13.7. The van der Waals surface area contributed by atoms with Gasteiger partial charge in [-0.3, -0.25) is 4.79 Å². The molecule has 1 aromatic rings. The van der Waals surface area contributed by atoms with Gasteiger partial charge in [-0.25, -0.2) is 0 Å². The van der Waals surface area contributed by atoms with E-state index in [2.05, 4.69) is 65.8 Å². The lowest BCUT2D eigenvalue weighted by Gasteiger charge is -2.47. The van der Waals surface area contributed by atoms with Gasteiger partial charge in [0.2, 0.25) is 5.91 Å². The number of benzene rings is 1. The van der Waals surface area contributed by atoms with Crippen molar-refractivity contribution in [3.8, 4) is 0 Å². The highest BCUT2D eigenvalue weighted by molar-refractivity contribution is 5.93. The van der Waals surface area contributed by atoms with Gasteiger partial charge in [0.05, 0.1) is 6.67 Å². The predicted molar refractivity (Wildman–Crippen MR) is 129 cm³/mol. The monoisotopic (exact) mass is 425 g/mol. The van der Waals surface area contributed by atoms with Crippen molar-refractivity contribution in [1.82, 2.24) is 9.80 Å². The molecule has 4 heteroatoms. The van der Waals surface area contributed by atoms with Gasteiger partial charge in [0.1, 0.15) is 5.54 Å². The molecule has 2 saturated heterocycles. The standard InChI is InChI=1S/C27H43N3O/c1-4-5-9-18-29-21-30(25-10-7-6-8-11-25)27(26(29)31)16-19-28(20-17-27)24-14-12-23(13-15-24)22(2)3/h6-8,10-11,22-24H,4-5,9,12-21H2,1-3H3/t23-,24+. The van der Waals surface area contributed by atoms with E-state index in [9.17, 15) is 4.79 Å². The van der Waals surface area contributed by atoms with E-state index in [1.54, 1.807) is 0 Å². The molecule has 0 radical (unpaired) electrons. The van der Waals surface area contributed by atoms with Crippen LogP contribution in [0.2, 0.25) is 0 Å². The summed E-state index contributed by atoms with van der Waals surface area (Å²) in [5.74, 6) is 2.12. The van der Waals surface area contributed by atoms with Crippen molar-refractivity contribution in [3.63, 3.8) is 0 Å². The van der Waals surface area contributed by atoms with Crippen LogP contribution in [0.15, 0.2) is 30.3 Å².